The number of esters is 3. The van der Waals surface area contributed by atoms with E-state index < -0.39 is 47.7 Å². The van der Waals surface area contributed by atoms with Crippen LogP contribution in [0, 0.1) is 0 Å². The van der Waals surface area contributed by atoms with Gasteiger partial charge in [0.2, 0.25) is 5.79 Å². The number of rotatable bonds is 7. The Hall–Kier alpha value is -2.68. The maximum Gasteiger partial charge on any atom is 0.342 e. The highest BCUT2D eigenvalue weighted by atomic mass is 16.8. The summed E-state index contributed by atoms with van der Waals surface area (Å²) in [6.07, 6.45) is -0.529. The van der Waals surface area contributed by atoms with Crippen LogP contribution < -0.4 is 0 Å². The van der Waals surface area contributed by atoms with Gasteiger partial charge in [0, 0.05) is 13.8 Å². The molecule has 1 aromatic rings. The molecule has 1 unspecified atom stereocenters. The predicted octanol–water partition coefficient (Wildman–Crippen LogP) is 2.31. The van der Waals surface area contributed by atoms with Gasteiger partial charge in [-0.25, -0.2) is 4.79 Å². The fraction of sp³-hybridized carbons (Fsp3) is 0.579. The van der Waals surface area contributed by atoms with E-state index in [2.05, 4.69) is 0 Å². The molecule has 9 nitrogen and oxygen atoms in total. The van der Waals surface area contributed by atoms with Crippen molar-refractivity contribution in [3.63, 3.8) is 0 Å². The Bertz CT molecular complexity index is 769. The molecule has 1 saturated heterocycles. The zero-order chi connectivity index (χ0) is 21.2. The van der Waals surface area contributed by atoms with Gasteiger partial charge in [-0.3, -0.25) is 14.4 Å². The molecular formula is C19H24O9. The summed E-state index contributed by atoms with van der Waals surface area (Å²) in [6, 6.07) is 2.91. The molecule has 1 aromatic heterocycles. The predicted molar refractivity (Wildman–Crippen MR) is 93.0 cm³/mol. The van der Waals surface area contributed by atoms with Crippen molar-refractivity contribution in [3.8, 4) is 0 Å². The minimum atomic E-state index is -1.85. The van der Waals surface area contributed by atoms with Crippen molar-refractivity contribution in [3.05, 3.63) is 23.7 Å². The van der Waals surface area contributed by atoms with E-state index in [9.17, 15) is 19.2 Å². The standard InChI is InChI=1S/C19H24O9/c1-17(2,3)26-15(22)9-19(16(23)27-18(4,5)28-19)8-14(21)24-11-13-7-6-12(10-20)25-13/h6-7,10H,8-9,11H2,1-5H3. The Labute approximate surface area is 162 Å². The van der Waals surface area contributed by atoms with E-state index in [-0.39, 0.29) is 18.1 Å². The summed E-state index contributed by atoms with van der Waals surface area (Å²) >= 11 is 0. The lowest BCUT2D eigenvalue weighted by molar-refractivity contribution is -0.182. The Morgan fingerprint density at radius 2 is 1.79 bits per heavy atom. The molecular weight excluding hydrogens is 372 g/mol. The maximum absolute atomic E-state index is 12.4. The molecule has 1 fully saturated rings. The summed E-state index contributed by atoms with van der Waals surface area (Å²) in [4.78, 5) is 47.6. The van der Waals surface area contributed by atoms with Crippen LogP contribution in [0.2, 0.25) is 0 Å². The van der Waals surface area contributed by atoms with E-state index in [0.717, 1.165) is 0 Å². The van der Waals surface area contributed by atoms with Crippen molar-refractivity contribution in [1.82, 2.24) is 0 Å². The van der Waals surface area contributed by atoms with E-state index in [0.29, 0.717) is 6.29 Å². The smallest absolute Gasteiger partial charge is 0.342 e. The van der Waals surface area contributed by atoms with Crippen LogP contribution in [0.1, 0.15) is 63.8 Å². The minimum absolute atomic E-state index is 0.0944. The van der Waals surface area contributed by atoms with E-state index in [1.807, 2.05) is 0 Å². The minimum Gasteiger partial charge on any atom is -0.460 e. The van der Waals surface area contributed by atoms with Crippen LogP contribution in [0.5, 0.6) is 0 Å². The molecule has 0 amide bonds. The second-order valence-electron chi connectivity index (χ2n) is 7.91. The maximum atomic E-state index is 12.4. The lowest BCUT2D eigenvalue weighted by Crippen LogP contribution is -2.43. The van der Waals surface area contributed by atoms with Crippen LogP contribution in [0.15, 0.2) is 16.5 Å². The second-order valence-corrected chi connectivity index (χ2v) is 7.91. The Kier molecular flexibility index (Phi) is 5.98. The van der Waals surface area contributed by atoms with Crippen molar-refractivity contribution in [2.75, 3.05) is 0 Å². The molecule has 0 spiro atoms. The van der Waals surface area contributed by atoms with Crippen LogP contribution in [-0.2, 0) is 39.9 Å². The molecule has 0 radical (unpaired) electrons. The number of hydrogen-bond acceptors (Lipinski definition) is 9. The third kappa shape index (κ3) is 5.66. The summed E-state index contributed by atoms with van der Waals surface area (Å²) in [7, 11) is 0. The van der Waals surface area contributed by atoms with Crippen molar-refractivity contribution in [1.29, 1.82) is 0 Å². The zero-order valence-corrected chi connectivity index (χ0v) is 16.5. The van der Waals surface area contributed by atoms with E-state index >= 15 is 0 Å². The number of carbonyl (C=O) groups excluding carboxylic acids is 4. The Morgan fingerprint density at radius 3 is 2.29 bits per heavy atom. The lowest BCUT2D eigenvalue weighted by atomic mass is 9.95. The largest absolute Gasteiger partial charge is 0.460 e. The molecule has 2 rings (SSSR count). The quantitative estimate of drug-likeness (QED) is 0.388. The van der Waals surface area contributed by atoms with E-state index in [1.165, 1.54) is 26.0 Å². The van der Waals surface area contributed by atoms with Crippen LogP contribution in [0.25, 0.3) is 0 Å². The fourth-order valence-corrected chi connectivity index (χ4v) is 2.71. The van der Waals surface area contributed by atoms with Gasteiger partial charge in [-0.15, -0.1) is 0 Å². The van der Waals surface area contributed by atoms with Gasteiger partial charge in [-0.2, -0.15) is 0 Å². The molecule has 1 aliphatic rings. The van der Waals surface area contributed by atoms with Gasteiger partial charge in [0.25, 0.3) is 0 Å². The third-order valence-corrected chi connectivity index (χ3v) is 3.61. The number of ether oxygens (including phenoxy) is 4. The highest BCUT2D eigenvalue weighted by Crippen LogP contribution is 2.38. The number of furan rings is 1. The van der Waals surface area contributed by atoms with Crippen LogP contribution in [0.4, 0.5) is 0 Å². The van der Waals surface area contributed by atoms with Crippen molar-refractivity contribution < 1.29 is 42.5 Å². The first kappa shape index (κ1) is 21.6. The highest BCUT2D eigenvalue weighted by Gasteiger charge is 2.57. The third-order valence-electron chi connectivity index (χ3n) is 3.61. The molecule has 1 aliphatic heterocycles. The molecule has 9 heteroatoms. The molecule has 28 heavy (non-hydrogen) atoms. The van der Waals surface area contributed by atoms with Gasteiger partial charge >= 0.3 is 17.9 Å². The topological polar surface area (TPSA) is 118 Å². The summed E-state index contributed by atoms with van der Waals surface area (Å²) in [5, 5.41) is 0. The summed E-state index contributed by atoms with van der Waals surface area (Å²) < 4.78 is 26.2. The highest BCUT2D eigenvalue weighted by molar-refractivity contribution is 5.91. The SMILES string of the molecule is CC(C)(C)OC(=O)CC1(CC(=O)OCc2ccc(C=O)o2)OC(C)(C)OC1=O. The first-order valence-electron chi connectivity index (χ1n) is 8.69. The summed E-state index contributed by atoms with van der Waals surface area (Å²) in [5.41, 5.74) is -2.62. The number of carbonyl (C=O) groups is 4. The lowest BCUT2D eigenvalue weighted by Gasteiger charge is -2.26. The molecule has 1 atom stereocenters. The van der Waals surface area contributed by atoms with Gasteiger partial charge in [0.05, 0.1) is 12.8 Å². The van der Waals surface area contributed by atoms with Crippen molar-refractivity contribution in [2.24, 2.45) is 0 Å². The molecule has 0 aromatic carbocycles. The van der Waals surface area contributed by atoms with Gasteiger partial charge < -0.3 is 23.4 Å². The van der Waals surface area contributed by atoms with Gasteiger partial charge in [-0.05, 0) is 32.9 Å². The van der Waals surface area contributed by atoms with Crippen LogP contribution in [0.3, 0.4) is 0 Å². The first-order chi connectivity index (χ1) is 12.8. The fourth-order valence-electron chi connectivity index (χ4n) is 2.71. The average Bonchev–Trinajstić information content (AvgIpc) is 3.05. The normalized spacial score (nSPS) is 21.1. The molecule has 0 bridgehead atoms. The van der Waals surface area contributed by atoms with Gasteiger partial charge in [-0.1, -0.05) is 0 Å². The average molecular weight is 396 g/mol. The van der Waals surface area contributed by atoms with E-state index in [4.69, 9.17) is 23.4 Å². The van der Waals surface area contributed by atoms with Gasteiger partial charge in [0.15, 0.2) is 17.6 Å². The Morgan fingerprint density at radius 1 is 1.14 bits per heavy atom. The molecule has 0 saturated carbocycles. The van der Waals surface area contributed by atoms with Gasteiger partial charge in [0.1, 0.15) is 18.0 Å². The summed E-state index contributed by atoms with van der Waals surface area (Å²) in [6.45, 7) is 7.79. The summed E-state index contributed by atoms with van der Waals surface area (Å²) in [5.74, 6) is -3.32. The zero-order valence-electron chi connectivity index (χ0n) is 16.5. The molecule has 0 aliphatic carbocycles. The number of cyclic esters (lactones) is 1. The van der Waals surface area contributed by atoms with Crippen LogP contribution >= 0.6 is 0 Å². The number of hydrogen-bond donors (Lipinski definition) is 0. The van der Waals surface area contributed by atoms with Crippen molar-refractivity contribution >= 4 is 24.2 Å². The van der Waals surface area contributed by atoms with Crippen molar-refractivity contribution in [2.45, 2.75) is 71.1 Å². The number of aldehydes is 1. The Balaban J connectivity index is 2.09. The van der Waals surface area contributed by atoms with Crippen LogP contribution in [-0.4, -0.2) is 41.2 Å². The molecule has 154 valence electrons. The molecule has 2 heterocycles. The van der Waals surface area contributed by atoms with E-state index in [1.54, 1.807) is 20.8 Å². The molecule has 0 N–H and O–H groups in total. The second kappa shape index (κ2) is 7.75. The monoisotopic (exact) mass is 396 g/mol. The first-order valence-corrected chi connectivity index (χ1v) is 8.69.